The van der Waals surface area contributed by atoms with Crippen LogP contribution in [0.5, 0.6) is 0 Å². The molecule has 4 rings (SSSR count). The van der Waals surface area contributed by atoms with E-state index < -0.39 is 17.6 Å². The Labute approximate surface area is 163 Å². The molecule has 1 aromatic carbocycles. The van der Waals surface area contributed by atoms with Gasteiger partial charge in [-0.05, 0) is 37.0 Å². The maximum Gasteiger partial charge on any atom is 0.349 e. The molecule has 0 spiro atoms. The third kappa shape index (κ3) is 3.38. The molecule has 6 heteroatoms. The summed E-state index contributed by atoms with van der Waals surface area (Å²) in [7, 11) is 1.87. The average molecular weight is 377 g/mol. The van der Waals surface area contributed by atoms with Crippen molar-refractivity contribution in [2.45, 2.75) is 38.1 Å². The van der Waals surface area contributed by atoms with Crippen molar-refractivity contribution in [3.8, 4) is 0 Å². The molecule has 0 aliphatic heterocycles. The minimum Gasteiger partial charge on any atom is -0.427 e. The summed E-state index contributed by atoms with van der Waals surface area (Å²) in [5, 5.41) is 2.97. The van der Waals surface area contributed by atoms with Crippen molar-refractivity contribution in [1.29, 1.82) is 0 Å². The number of hydrogen-bond acceptors (Lipinski definition) is 4. The summed E-state index contributed by atoms with van der Waals surface area (Å²) in [5.74, 6) is 1.22. The first-order valence-electron chi connectivity index (χ1n) is 9.52. The minimum absolute atomic E-state index is 0.0539. The number of aryl methyl sites for hydroxylation is 2. The summed E-state index contributed by atoms with van der Waals surface area (Å²) in [6.45, 7) is 1.78. The van der Waals surface area contributed by atoms with E-state index in [0.717, 1.165) is 24.8 Å². The monoisotopic (exact) mass is 377 g/mol. The lowest BCUT2D eigenvalue weighted by Gasteiger charge is -2.24. The Kier molecular flexibility index (Phi) is 4.86. The van der Waals surface area contributed by atoms with Gasteiger partial charge in [0.05, 0.1) is 0 Å². The maximum absolute atomic E-state index is 13.0. The van der Waals surface area contributed by atoms with Gasteiger partial charge in [-0.2, -0.15) is 0 Å². The molecule has 1 unspecified atom stereocenters. The zero-order valence-corrected chi connectivity index (χ0v) is 16.0. The quantitative estimate of drug-likeness (QED) is 0.739. The van der Waals surface area contributed by atoms with Crippen LogP contribution in [-0.2, 0) is 7.05 Å². The number of nitrogens with zero attached hydrogens (tertiary/aromatic N) is 2. The summed E-state index contributed by atoms with van der Waals surface area (Å²) in [4.78, 5) is 30.0. The molecule has 1 atom stereocenters. The molecule has 2 heterocycles. The summed E-state index contributed by atoms with van der Waals surface area (Å²) < 4.78 is 7.33. The van der Waals surface area contributed by atoms with Crippen LogP contribution >= 0.6 is 0 Å². The first kappa shape index (κ1) is 18.2. The molecule has 0 bridgehead atoms. The van der Waals surface area contributed by atoms with Crippen LogP contribution in [0.1, 0.15) is 64.3 Å². The molecule has 28 heavy (non-hydrogen) atoms. The van der Waals surface area contributed by atoms with E-state index >= 15 is 0 Å². The molecule has 1 aliphatic carbocycles. The second kappa shape index (κ2) is 7.46. The van der Waals surface area contributed by atoms with Crippen LogP contribution in [0.4, 0.5) is 0 Å². The molecule has 1 aliphatic rings. The van der Waals surface area contributed by atoms with Crippen LogP contribution in [0.2, 0.25) is 0 Å². The van der Waals surface area contributed by atoms with Crippen molar-refractivity contribution in [3.63, 3.8) is 0 Å². The molecule has 0 radical (unpaired) electrons. The lowest BCUT2D eigenvalue weighted by Crippen LogP contribution is -2.34. The van der Waals surface area contributed by atoms with Crippen LogP contribution in [-0.4, -0.2) is 15.5 Å². The second-order valence-corrected chi connectivity index (χ2v) is 7.34. The molecule has 1 amide bonds. The number of carbonyl (C=O) groups is 1. The molecule has 1 N–H and O–H groups in total. The first-order chi connectivity index (χ1) is 13.5. The number of rotatable bonds is 5. The molecular weight excluding hydrogens is 354 g/mol. The van der Waals surface area contributed by atoms with Crippen LogP contribution < -0.4 is 10.9 Å². The van der Waals surface area contributed by atoms with Gasteiger partial charge in [0.15, 0.2) is 0 Å². The third-order valence-electron chi connectivity index (χ3n) is 5.43. The lowest BCUT2D eigenvalue weighted by molar-refractivity contribution is 0.0935. The topological polar surface area (TPSA) is 77.1 Å². The Balaban J connectivity index is 1.67. The van der Waals surface area contributed by atoms with Gasteiger partial charge in [0.25, 0.3) is 5.91 Å². The standard InChI is InChI=1S/C22H23N3O3/c1-14-13-17(15-9-6-10-15)28-22(27)18(14)21(26)24-19(16-7-4-3-5-8-16)20-23-11-12-25(20)2/h3-5,7-8,11-13,15,19H,6,9-10H2,1-2H3,(H,24,26). The van der Waals surface area contributed by atoms with E-state index in [1.165, 1.54) is 0 Å². The number of amides is 1. The summed E-state index contributed by atoms with van der Waals surface area (Å²) in [6.07, 6.45) is 6.72. The van der Waals surface area contributed by atoms with Gasteiger partial charge >= 0.3 is 5.63 Å². The molecule has 3 aromatic rings. The average Bonchev–Trinajstić information content (AvgIpc) is 3.04. The fourth-order valence-corrected chi connectivity index (χ4v) is 3.60. The van der Waals surface area contributed by atoms with Crippen molar-refractivity contribution in [1.82, 2.24) is 14.9 Å². The van der Waals surface area contributed by atoms with Crippen LogP contribution in [0, 0.1) is 6.92 Å². The predicted molar refractivity (Wildman–Crippen MR) is 105 cm³/mol. The van der Waals surface area contributed by atoms with Crippen LogP contribution in [0.15, 0.2) is 58.0 Å². The van der Waals surface area contributed by atoms with Gasteiger partial charge in [-0.15, -0.1) is 0 Å². The highest BCUT2D eigenvalue weighted by atomic mass is 16.4. The van der Waals surface area contributed by atoms with Crippen molar-refractivity contribution in [2.75, 3.05) is 0 Å². The molecule has 1 fully saturated rings. The Hall–Kier alpha value is -3.15. The van der Waals surface area contributed by atoms with Gasteiger partial charge in [-0.25, -0.2) is 9.78 Å². The maximum atomic E-state index is 13.0. The van der Waals surface area contributed by atoms with Gasteiger partial charge in [0, 0.05) is 25.4 Å². The molecule has 1 saturated carbocycles. The third-order valence-corrected chi connectivity index (χ3v) is 5.43. The van der Waals surface area contributed by atoms with Gasteiger partial charge < -0.3 is 14.3 Å². The number of aromatic nitrogens is 2. The number of benzene rings is 1. The van der Waals surface area contributed by atoms with Crippen molar-refractivity contribution >= 4 is 5.91 Å². The normalized spacial score (nSPS) is 15.1. The smallest absolute Gasteiger partial charge is 0.349 e. The van der Waals surface area contributed by atoms with Crippen molar-refractivity contribution in [2.24, 2.45) is 7.05 Å². The van der Waals surface area contributed by atoms with E-state index in [4.69, 9.17) is 4.42 Å². The lowest BCUT2D eigenvalue weighted by atomic mass is 9.83. The van der Waals surface area contributed by atoms with E-state index in [-0.39, 0.29) is 5.56 Å². The van der Waals surface area contributed by atoms with Crippen LogP contribution in [0.25, 0.3) is 0 Å². The van der Waals surface area contributed by atoms with Crippen molar-refractivity contribution in [3.05, 3.63) is 87.5 Å². The Morgan fingerprint density at radius 3 is 2.61 bits per heavy atom. The molecule has 0 saturated heterocycles. The van der Waals surface area contributed by atoms with E-state index in [1.807, 2.05) is 54.2 Å². The molecular formula is C22H23N3O3. The van der Waals surface area contributed by atoms with E-state index in [9.17, 15) is 9.59 Å². The van der Waals surface area contributed by atoms with Crippen molar-refractivity contribution < 1.29 is 9.21 Å². The fourth-order valence-electron chi connectivity index (χ4n) is 3.60. The second-order valence-electron chi connectivity index (χ2n) is 7.34. The molecule has 6 nitrogen and oxygen atoms in total. The Bertz CT molecular complexity index is 1050. The molecule has 2 aromatic heterocycles. The van der Waals surface area contributed by atoms with Gasteiger partial charge in [0.2, 0.25) is 0 Å². The zero-order chi connectivity index (χ0) is 19.7. The summed E-state index contributed by atoms with van der Waals surface area (Å²) in [6, 6.07) is 10.9. The Morgan fingerprint density at radius 1 is 1.29 bits per heavy atom. The minimum atomic E-state index is -0.578. The number of carbonyl (C=O) groups excluding carboxylic acids is 1. The fraction of sp³-hybridized carbons (Fsp3) is 0.318. The number of hydrogen-bond donors (Lipinski definition) is 1. The first-order valence-corrected chi connectivity index (χ1v) is 9.52. The highest BCUT2D eigenvalue weighted by molar-refractivity contribution is 5.95. The van der Waals surface area contributed by atoms with E-state index in [2.05, 4.69) is 10.3 Å². The van der Waals surface area contributed by atoms with E-state index in [1.54, 1.807) is 13.1 Å². The Morgan fingerprint density at radius 2 is 2.04 bits per heavy atom. The SMILES string of the molecule is Cc1cc(C2CCC2)oc(=O)c1C(=O)NC(c1ccccc1)c1nccn1C. The summed E-state index contributed by atoms with van der Waals surface area (Å²) in [5.41, 5.74) is 1.00. The van der Waals surface area contributed by atoms with Gasteiger partial charge in [-0.1, -0.05) is 36.8 Å². The predicted octanol–water partition coefficient (Wildman–Crippen LogP) is 3.47. The van der Waals surface area contributed by atoms with Gasteiger partial charge in [-0.3, -0.25) is 4.79 Å². The zero-order valence-electron chi connectivity index (χ0n) is 16.0. The van der Waals surface area contributed by atoms with Crippen LogP contribution in [0.3, 0.4) is 0 Å². The summed E-state index contributed by atoms with van der Waals surface area (Å²) >= 11 is 0. The highest BCUT2D eigenvalue weighted by Crippen LogP contribution is 2.36. The van der Waals surface area contributed by atoms with E-state index in [0.29, 0.717) is 23.1 Å². The highest BCUT2D eigenvalue weighted by Gasteiger charge is 2.27. The largest absolute Gasteiger partial charge is 0.427 e. The number of imidazole rings is 1. The molecule has 144 valence electrons. The van der Waals surface area contributed by atoms with Gasteiger partial charge in [0.1, 0.15) is 23.2 Å². The number of nitrogens with one attached hydrogen (secondary N) is 1.